The second-order valence-corrected chi connectivity index (χ2v) is 17.5. The van der Waals surface area contributed by atoms with Crippen LogP contribution < -0.4 is 14.4 Å². The normalized spacial score (nSPS) is 34.4. The summed E-state index contributed by atoms with van der Waals surface area (Å²) in [5, 5.41) is 0.00673. The molecule has 2 saturated heterocycles. The fourth-order valence-corrected chi connectivity index (χ4v) is 10.1. The van der Waals surface area contributed by atoms with E-state index in [9.17, 15) is 13.2 Å². The number of carbonyl (C=O) groups excluding carboxylic acids is 1. The van der Waals surface area contributed by atoms with Gasteiger partial charge in [-0.05, 0) is 118 Å². The van der Waals surface area contributed by atoms with Crippen LogP contribution in [0.5, 0.6) is 5.75 Å². The summed E-state index contributed by atoms with van der Waals surface area (Å²) < 4.78 is 49.1. The number of hydrogen-bond donors (Lipinski definition) is 1. The van der Waals surface area contributed by atoms with E-state index in [0.29, 0.717) is 29.8 Å². The lowest BCUT2D eigenvalue weighted by atomic mass is 9.65. The van der Waals surface area contributed by atoms with Gasteiger partial charge in [-0.15, -0.1) is 0 Å². The minimum Gasteiger partial charge on any atom is -0.487 e. The monoisotopic (exact) mass is 699 g/mol. The van der Waals surface area contributed by atoms with Crippen molar-refractivity contribution < 1.29 is 27.4 Å². The van der Waals surface area contributed by atoms with Crippen LogP contribution >= 0.6 is 11.6 Å². The van der Waals surface area contributed by atoms with Crippen molar-refractivity contribution >= 4 is 33.2 Å². The van der Waals surface area contributed by atoms with Crippen molar-refractivity contribution in [1.29, 1.82) is 0 Å². The maximum absolute atomic E-state index is 13.5. The van der Waals surface area contributed by atoms with E-state index in [-0.39, 0.29) is 30.3 Å². The van der Waals surface area contributed by atoms with Gasteiger partial charge in [-0.25, -0.2) is 13.1 Å². The van der Waals surface area contributed by atoms with Gasteiger partial charge in [0.15, 0.2) is 6.29 Å². The van der Waals surface area contributed by atoms with Crippen molar-refractivity contribution in [2.45, 2.75) is 95.6 Å². The van der Waals surface area contributed by atoms with Gasteiger partial charge in [-0.1, -0.05) is 31.0 Å². The number of hydrogen-bond acceptors (Lipinski definition) is 8. The standard InChI is InChI=1S/C37H50ClN3O6S/c1-23-7-6-9-31(37-46-34-20-40(3)21-35(34)47-37)30-14-11-27(30)19-41-16-5-4-8-25-17-29(38)13-10-28(25)22-45-33-15-12-26(18-32(33)41)36(42)39-48(43,44)24(23)2/h10,12-13,15,17-18,23-24,27,30-31,34-35,37H,4-9,11,14,16,19-22H2,1-3H3,(H,39,42)/t23-,24+,27-,30+,31-,34-,35+,37+/m0/s1. The van der Waals surface area contributed by atoms with Gasteiger partial charge >= 0.3 is 0 Å². The fourth-order valence-electron chi connectivity index (χ4n) is 8.56. The number of aryl methyl sites for hydroxylation is 1. The summed E-state index contributed by atoms with van der Waals surface area (Å²) in [5.41, 5.74) is 3.44. The van der Waals surface area contributed by atoms with Crippen molar-refractivity contribution in [3.8, 4) is 5.75 Å². The average Bonchev–Trinajstić information content (AvgIpc) is 3.58. The molecule has 0 radical (unpaired) electrons. The molecule has 0 aromatic heterocycles. The van der Waals surface area contributed by atoms with Crippen LogP contribution in [-0.2, 0) is 32.5 Å². The Labute approximate surface area is 290 Å². The number of nitrogens with zero attached hydrogens (tertiary/aromatic N) is 2. The molecular formula is C37H50ClN3O6S. The lowest BCUT2D eigenvalue weighted by Gasteiger charge is -2.46. The first kappa shape index (κ1) is 34.1. The number of benzene rings is 2. The van der Waals surface area contributed by atoms with Gasteiger partial charge in [-0.2, -0.15) is 0 Å². The topological polar surface area (TPSA) is 97.4 Å². The van der Waals surface area contributed by atoms with Crippen molar-refractivity contribution in [2.75, 3.05) is 38.1 Å². The first-order valence-electron chi connectivity index (χ1n) is 17.9. The Balaban J connectivity index is 1.23. The lowest BCUT2D eigenvalue weighted by molar-refractivity contribution is -0.146. The zero-order valence-electron chi connectivity index (χ0n) is 28.4. The molecule has 8 atom stereocenters. The van der Waals surface area contributed by atoms with E-state index in [4.69, 9.17) is 25.8 Å². The zero-order valence-corrected chi connectivity index (χ0v) is 30.0. The van der Waals surface area contributed by atoms with Gasteiger partial charge in [0, 0.05) is 42.7 Å². The van der Waals surface area contributed by atoms with Crippen molar-refractivity contribution in [1.82, 2.24) is 9.62 Å². The molecule has 5 aliphatic rings. The summed E-state index contributed by atoms with van der Waals surface area (Å²) in [5.74, 6) is 1.10. The van der Waals surface area contributed by atoms with Gasteiger partial charge in [0.25, 0.3) is 5.91 Å². The summed E-state index contributed by atoms with van der Waals surface area (Å²) in [6.07, 6.45) is 7.67. The smallest absolute Gasteiger partial charge is 0.264 e. The molecule has 1 N–H and O–H groups in total. The Hall–Kier alpha value is -2.37. The van der Waals surface area contributed by atoms with Gasteiger partial charge in [0.2, 0.25) is 10.0 Å². The fraction of sp³-hybridized carbons (Fsp3) is 0.649. The van der Waals surface area contributed by atoms with E-state index in [1.807, 2.05) is 37.3 Å². The predicted octanol–water partition coefficient (Wildman–Crippen LogP) is 6.03. The number of nitrogens with one attached hydrogen (secondary N) is 1. The molecule has 262 valence electrons. The van der Waals surface area contributed by atoms with E-state index in [2.05, 4.69) is 21.6 Å². The van der Waals surface area contributed by atoms with Crippen LogP contribution in [-0.4, -0.2) is 76.2 Å². The van der Waals surface area contributed by atoms with Gasteiger partial charge in [0.05, 0.1) is 10.9 Å². The molecule has 4 heterocycles. The molecule has 0 unspecified atom stereocenters. The first-order valence-corrected chi connectivity index (χ1v) is 19.8. The molecular weight excluding hydrogens is 650 g/mol. The van der Waals surface area contributed by atoms with Gasteiger partial charge < -0.3 is 24.0 Å². The van der Waals surface area contributed by atoms with Crippen LogP contribution in [0, 0.1) is 23.7 Å². The van der Waals surface area contributed by atoms with Crippen LogP contribution in [0.15, 0.2) is 36.4 Å². The molecule has 9 nitrogen and oxygen atoms in total. The summed E-state index contributed by atoms with van der Waals surface area (Å²) in [7, 11) is -1.78. The second-order valence-electron chi connectivity index (χ2n) is 15.0. The molecule has 7 rings (SSSR count). The van der Waals surface area contributed by atoms with Crippen LogP contribution in [0.25, 0.3) is 0 Å². The Morgan fingerprint density at radius 1 is 0.875 bits per heavy atom. The number of likely N-dealkylation sites (tertiary alicyclic amines) is 1. The molecule has 4 aliphatic heterocycles. The van der Waals surface area contributed by atoms with Crippen LogP contribution in [0.4, 0.5) is 5.69 Å². The molecule has 0 spiro atoms. The highest BCUT2D eigenvalue weighted by Crippen LogP contribution is 2.48. The summed E-state index contributed by atoms with van der Waals surface area (Å²) in [6, 6.07) is 11.3. The van der Waals surface area contributed by atoms with Gasteiger partial charge in [-0.3, -0.25) is 4.79 Å². The Bertz CT molecular complexity index is 1590. The van der Waals surface area contributed by atoms with E-state index in [1.165, 1.54) is 5.56 Å². The molecule has 1 amide bonds. The van der Waals surface area contributed by atoms with Crippen molar-refractivity contribution in [2.24, 2.45) is 23.7 Å². The predicted molar refractivity (Wildman–Crippen MR) is 187 cm³/mol. The van der Waals surface area contributed by atoms with Crippen LogP contribution in [0.1, 0.15) is 80.3 Å². The summed E-state index contributed by atoms with van der Waals surface area (Å²) in [4.78, 5) is 18.2. The number of fused-ring (bicyclic) bond motifs is 4. The molecule has 48 heavy (non-hydrogen) atoms. The molecule has 1 aliphatic carbocycles. The zero-order chi connectivity index (χ0) is 33.6. The van der Waals surface area contributed by atoms with E-state index in [0.717, 1.165) is 93.8 Å². The molecule has 11 heteroatoms. The third kappa shape index (κ3) is 7.11. The number of ether oxygens (including phenoxy) is 3. The minimum absolute atomic E-state index is 0.110. The van der Waals surface area contributed by atoms with E-state index in [1.54, 1.807) is 13.0 Å². The SMILES string of the molecule is C[C@@H]1[C@@H](C)CCC[C@H]([C@@H]2O[C@H]3CN(C)C[C@H]3O2)[C@@H]2CC[C@H]2CN2CCCCc3cc(Cl)ccc3COc3ccc(cc32)C(=O)NS1(=O)=O. The Morgan fingerprint density at radius 3 is 2.42 bits per heavy atom. The molecule has 2 aromatic rings. The third-order valence-electron chi connectivity index (χ3n) is 11.8. The third-order valence-corrected chi connectivity index (χ3v) is 14.0. The highest BCUT2D eigenvalue weighted by atomic mass is 35.5. The molecule has 1 saturated carbocycles. The van der Waals surface area contributed by atoms with Crippen LogP contribution in [0.3, 0.4) is 0 Å². The number of halogens is 1. The van der Waals surface area contributed by atoms with Gasteiger partial charge in [0.1, 0.15) is 24.6 Å². The van der Waals surface area contributed by atoms with Crippen molar-refractivity contribution in [3.05, 3.63) is 58.1 Å². The Kier molecular flexibility index (Phi) is 10.0. The average molecular weight is 700 g/mol. The number of carbonyl (C=O) groups is 1. The largest absolute Gasteiger partial charge is 0.487 e. The molecule has 2 bridgehead atoms. The Morgan fingerprint density at radius 2 is 1.67 bits per heavy atom. The number of sulfonamides is 1. The lowest BCUT2D eigenvalue weighted by Crippen LogP contribution is -2.45. The molecule has 2 aromatic carbocycles. The number of anilines is 1. The number of rotatable bonds is 1. The van der Waals surface area contributed by atoms with E-state index < -0.39 is 21.2 Å². The number of amides is 1. The van der Waals surface area contributed by atoms with Crippen LogP contribution in [0.2, 0.25) is 5.02 Å². The van der Waals surface area contributed by atoms with Crippen molar-refractivity contribution in [3.63, 3.8) is 0 Å². The highest BCUT2D eigenvalue weighted by molar-refractivity contribution is 7.90. The second kappa shape index (κ2) is 14.1. The number of likely N-dealkylation sites (N-methyl/N-ethyl adjacent to an activating group) is 1. The van der Waals surface area contributed by atoms with E-state index >= 15 is 0 Å². The summed E-state index contributed by atoms with van der Waals surface area (Å²) in [6.45, 7) is 7.47. The highest BCUT2D eigenvalue weighted by Gasteiger charge is 2.49. The minimum atomic E-state index is -3.90. The maximum atomic E-state index is 13.5. The summed E-state index contributed by atoms with van der Waals surface area (Å²) >= 11 is 6.38. The maximum Gasteiger partial charge on any atom is 0.264 e. The molecule has 3 fully saturated rings. The quantitative estimate of drug-likeness (QED) is 0.386. The first-order chi connectivity index (χ1) is 23.1.